The van der Waals surface area contributed by atoms with E-state index in [-0.39, 0.29) is 11.9 Å². The van der Waals surface area contributed by atoms with Crippen molar-refractivity contribution in [3.8, 4) is 0 Å². The second-order valence-electron chi connectivity index (χ2n) is 7.96. The van der Waals surface area contributed by atoms with Gasteiger partial charge in [-0.2, -0.15) is 17.5 Å². The van der Waals surface area contributed by atoms with Crippen LogP contribution in [0.15, 0.2) is 48.5 Å². The lowest BCUT2D eigenvalue weighted by atomic mass is 10.1. The van der Waals surface area contributed by atoms with E-state index in [1.807, 2.05) is 4.90 Å². The number of hydrogen-bond acceptors (Lipinski definition) is 4. The van der Waals surface area contributed by atoms with Crippen LogP contribution in [0.3, 0.4) is 0 Å². The van der Waals surface area contributed by atoms with E-state index in [1.165, 1.54) is 22.5 Å². The fourth-order valence-corrected chi connectivity index (χ4v) is 4.36. The maximum atomic E-state index is 13.2. The molecule has 10 heteroatoms. The Kier molecular flexibility index (Phi) is 7.92. The summed E-state index contributed by atoms with van der Waals surface area (Å²) in [6, 6.07) is 11.2. The molecule has 0 amide bonds. The van der Waals surface area contributed by atoms with Gasteiger partial charge in [-0.3, -0.25) is 4.90 Å². The van der Waals surface area contributed by atoms with Crippen LogP contribution in [0.25, 0.3) is 0 Å². The van der Waals surface area contributed by atoms with Crippen LogP contribution < -0.4 is 0 Å². The molecule has 1 fully saturated rings. The first-order valence-corrected chi connectivity index (χ1v) is 12.1. The van der Waals surface area contributed by atoms with Crippen molar-refractivity contribution in [2.24, 2.45) is 0 Å². The van der Waals surface area contributed by atoms with Gasteiger partial charge in [0, 0.05) is 39.3 Å². The number of benzene rings is 2. The van der Waals surface area contributed by atoms with Crippen LogP contribution >= 0.6 is 0 Å². The standard InChI is InChI=1S/C22H26F4N2O3S/c1-32(29,30)28-15-21(16-28)31-11-3-10-27(13-17-6-8-20(23)9-7-17)14-18-4-2-5-19(12-18)22(24,25)26/h2,4-9,12,21H,3,10-11,13-16H2,1H3. The first-order chi connectivity index (χ1) is 15.0. The van der Waals surface area contributed by atoms with Gasteiger partial charge in [-0.05, 0) is 35.7 Å². The average molecular weight is 475 g/mol. The van der Waals surface area contributed by atoms with Gasteiger partial charge >= 0.3 is 6.18 Å². The lowest BCUT2D eigenvalue weighted by Gasteiger charge is -2.36. The summed E-state index contributed by atoms with van der Waals surface area (Å²) in [5.41, 5.74) is 0.688. The molecule has 3 rings (SSSR count). The van der Waals surface area contributed by atoms with Crippen molar-refractivity contribution in [3.63, 3.8) is 0 Å². The van der Waals surface area contributed by atoms with Gasteiger partial charge < -0.3 is 4.74 Å². The van der Waals surface area contributed by atoms with E-state index in [0.717, 1.165) is 24.0 Å². The third-order valence-electron chi connectivity index (χ3n) is 5.24. The minimum Gasteiger partial charge on any atom is -0.375 e. The fourth-order valence-electron chi connectivity index (χ4n) is 3.48. The second-order valence-corrected chi connectivity index (χ2v) is 9.94. The number of sulfonamides is 1. The van der Waals surface area contributed by atoms with Gasteiger partial charge in [0.1, 0.15) is 5.82 Å². The normalized spacial score (nSPS) is 15.8. The van der Waals surface area contributed by atoms with Crippen LogP contribution in [0.1, 0.15) is 23.1 Å². The molecule has 2 aromatic rings. The lowest BCUT2D eigenvalue weighted by molar-refractivity contribution is -0.137. The zero-order valence-electron chi connectivity index (χ0n) is 17.7. The minimum atomic E-state index is -4.41. The molecular weight excluding hydrogens is 448 g/mol. The van der Waals surface area contributed by atoms with Crippen molar-refractivity contribution in [2.45, 2.75) is 31.8 Å². The maximum absolute atomic E-state index is 13.2. The minimum absolute atomic E-state index is 0.140. The highest BCUT2D eigenvalue weighted by atomic mass is 32.2. The Bertz CT molecular complexity index is 991. The molecule has 1 heterocycles. The topological polar surface area (TPSA) is 49.9 Å². The fraction of sp³-hybridized carbons (Fsp3) is 0.455. The van der Waals surface area contributed by atoms with Gasteiger partial charge in [0.05, 0.1) is 17.9 Å². The zero-order chi connectivity index (χ0) is 23.4. The van der Waals surface area contributed by atoms with E-state index in [0.29, 0.717) is 51.3 Å². The van der Waals surface area contributed by atoms with E-state index in [2.05, 4.69) is 0 Å². The molecular formula is C22H26F4N2O3S. The number of hydrogen-bond donors (Lipinski definition) is 0. The number of rotatable bonds is 10. The van der Waals surface area contributed by atoms with Crippen molar-refractivity contribution < 1.29 is 30.7 Å². The highest BCUT2D eigenvalue weighted by molar-refractivity contribution is 7.88. The van der Waals surface area contributed by atoms with Crippen LogP contribution in [0.5, 0.6) is 0 Å². The Morgan fingerprint density at radius 2 is 1.72 bits per heavy atom. The lowest BCUT2D eigenvalue weighted by Crippen LogP contribution is -2.54. The van der Waals surface area contributed by atoms with Gasteiger partial charge in [-0.1, -0.05) is 30.3 Å². The quantitative estimate of drug-likeness (QED) is 0.387. The summed E-state index contributed by atoms with van der Waals surface area (Å²) in [6.45, 7) is 2.38. The second kappa shape index (κ2) is 10.3. The Morgan fingerprint density at radius 3 is 2.34 bits per heavy atom. The average Bonchev–Trinajstić information content (AvgIpc) is 2.66. The molecule has 1 saturated heterocycles. The summed E-state index contributed by atoms with van der Waals surface area (Å²) in [5, 5.41) is 0. The number of nitrogens with zero attached hydrogens (tertiary/aromatic N) is 2. The van der Waals surface area contributed by atoms with Crippen molar-refractivity contribution in [1.82, 2.24) is 9.21 Å². The molecule has 1 aliphatic heterocycles. The molecule has 32 heavy (non-hydrogen) atoms. The molecule has 2 aromatic carbocycles. The smallest absolute Gasteiger partial charge is 0.375 e. The zero-order valence-corrected chi connectivity index (χ0v) is 18.5. The van der Waals surface area contributed by atoms with E-state index >= 15 is 0 Å². The summed E-state index contributed by atoms with van der Waals surface area (Å²) in [7, 11) is -3.19. The summed E-state index contributed by atoms with van der Waals surface area (Å²) >= 11 is 0. The van der Waals surface area contributed by atoms with Gasteiger partial charge in [-0.15, -0.1) is 0 Å². The van der Waals surface area contributed by atoms with E-state index < -0.39 is 21.8 Å². The van der Waals surface area contributed by atoms with E-state index in [4.69, 9.17) is 4.74 Å². The molecule has 0 aromatic heterocycles. The molecule has 5 nitrogen and oxygen atoms in total. The molecule has 0 aliphatic carbocycles. The van der Waals surface area contributed by atoms with Gasteiger partial charge in [0.15, 0.2) is 0 Å². The predicted molar refractivity (Wildman–Crippen MR) is 113 cm³/mol. The van der Waals surface area contributed by atoms with Crippen molar-refractivity contribution in [3.05, 3.63) is 71.0 Å². The molecule has 176 valence electrons. The molecule has 0 radical (unpaired) electrons. The van der Waals surface area contributed by atoms with Crippen LogP contribution in [0.4, 0.5) is 17.6 Å². The maximum Gasteiger partial charge on any atom is 0.416 e. The number of halogens is 4. The largest absolute Gasteiger partial charge is 0.416 e. The van der Waals surface area contributed by atoms with Crippen LogP contribution in [-0.4, -0.2) is 56.2 Å². The Balaban J connectivity index is 1.57. The summed E-state index contributed by atoms with van der Waals surface area (Å²) in [5.74, 6) is -0.352. The van der Waals surface area contributed by atoms with Gasteiger partial charge in [-0.25, -0.2) is 12.8 Å². The monoisotopic (exact) mass is 474 g/mol. The van der Waals surface area contributed by atoms with Crippen LogP contribution in [-0.2, 0) is 34.0 Å². The number of ether oxygens (including phenoxy) is 1. The van der Waals surface area contributed by atoms with Crippen molar-refractivity contribution in [1.29, 1.82) is 0 Å². The Hall–Kier alpha value is -2.01. The van der Waals surface area contributed by atoms with Gasteiger partial charge in [0.25, 0.3) is 0 Å². The highest BCUT2D eigenvalue weighted by Crippen LogP contribution is 2.30. The van der Waals surface area contributed by atoms with Crippen LogP contribution in [0, 0.1) is 5.82 Å². The Morgan fingerprint density at radius 1 is 1.06 bits per heavy atom. The molecule has 0 atom stereocenters. The van der Waals surface area contributed by atoms with Gasteiger partial charge in [0.2, 0.25) is 10.0 Å². The summed E-state index contributed by atoms with van der Waals surface area (Å²) in [6.07, 6.45) is -2.77. The predicted octanol–water partition coefficient (Wildman–Crippen LogP) is 3.90. The molecule has 0 unspecified atom stereocenters. The Labute approximate surface area is 185 Å². The summed E-state index contributed by atoms with van der Waals surface area (Å²) < 4.78 is 82.2. The van der Waals surface area contributed by atoms with E-state index in [1.54, 1.807) is 18.2 Å². The summed E-state index contributed by atoms with van der Waals surface area (Å²) in [4.78, 5) is 1.98. The molecule has 1 aliphatic rings. The first kappa shape index (κ1) is 24.6. The molecule has 0 N–H and O–H groups in total. The molecule has 0 saturated carbocycles. The third kappa shape index (κ3) is 7.26. The number of alkyl halides is 3. The molecule has 0 bridgehead atoms. The first-order valence-electron chi connectivity index (χ1n) is 10.2. The third-order valence-corrected chi connectivity index (χ3v) is 6.47. The van der Waals surface area contributed by atoms with Crippen molar-refractivity contribution >= 4 is 10.0 Å². The SMILES string of the molecule is CS(=O)(=O)N1CC(OCCCN(Cc2ccc(F)cc2)Cc2cccc(C(F)(F)F)c2)C1. The van der Waals surface area contributed by atoms with Crippen LogP contribution in [0.2, 0.25) is 0 Å². The van der Waals surface area contributed by atoms with E-state index in [9.17, 15) is 26.0 Å². The molecule has 0 spiro atoms. The highest BCUT2D eigenvalue weighted by Gasteiger charge is 2.33. The van der Waals surface area contributed by atoms with Crippen molar-refractivity contribution in [2.75, 3.05) is 32.5 Å².